The predicted molar refractivity (Wildman–Crippen MR) is 109 cm³/mol. The number of carbonyl (C=O) groups excluding carboxylic acids is 3. The van der Waals surface area contributed by atoms with Crippen LogP contribution in [0, 0.1) is 0 Å². The molecule has 0 spiro atoms. The zero-order valence-electron chi connectivity index (χ0n) is 15.9. The molecule has 2 aromatic heterocycles. The number of thioether (sulfide) groups is 1. The van der Waals surface area contributed by atoms with E-state index in [-0.39, 0.29) is 5.91 Å². The number of imide groups is 1. The smallest absolute Gasteiger partial charge is 0.290 e. The van der Waals surface area contributed by atoms with Gasteiger partial charge in [-0.15, -0.1) is 0 Å². The second kappa shape index (κ2) is 9.87. The van der Waals surface area contributed by atoms with Crippen molar-refractivity contribution in [2.45, 2.75) is 19.8 Å². The Kier molecular flexibility index (Phi) is 7.01. The molecule has 29 heavy (non-hydrogen) atoms. The van der Waals surface area contributed by atoms with Gasteiger partial charge in [0.2, 0.25) is 5.95 Å². The molecule has 1 saturated heterocycles. The van der Waals surface area contributed by atoms with Crippen LogP contribution in [0.3, 0.4) is 0 Å². The number of nitrogens with one attached hydrogen (secondary N) is 2. The summed E-state index contributed by atoms with van der Waals surface area (Å²) in [5.74, 6) is 0.199. The molecule has 1 aliphatic heterocycles. The summed E-state index contributed by atoms with van der Waals surface area (Å²) in [6.45, 7) is 3.81. The molecule has 0 atom stereocenters. The van der Waals surface area contributed by atoms with Gasteiger partial charge in [-0.1, -0.05) is 6.92 Å². The Bertz CT molecular complexity index is 913. The summed E-state index contributed by atoms with van der Waals surface area (Å²) in [7, 11) is 0. The molecule has 1 aliphatic rings. The Balaban J connectivity index is 1.52. The molecule has 0 radical (unpaired) electrons. The third-order valence-electron chi connectivity index (χ3n) is 4.00. The Labute approximate surface area is 172 Å². The minimum absolute atomic E-state index is 0.122. The van der Waals surface area contributed by atoms with Crippen molar-refractivity contribution in [2.24, 2.45) is 0 Å². The Morgan fingerprint density at radius 1 is 1.34 bits per heavy atom. The molecule has 0 aromatic carbocycles. The summed E-state index contributed by atoms with van der Waals surface area (Å²) in [4.78, 5) is 45.8. The number of rotatable bonds is 9. The van der Waals surface area contributed by atoms with E-state index < -0.39 is 11.1 Å². The van der Waals surface area contributed by atoms with Crippen LogP contribution in [0.4, 0.5) is 10.7 Å². The summed E-state index contributed by atoms with van der Waals surface area (Å²) >= 11 is 0.841. The molecule has 0 saturated carbocycles. The molecule has 3 amide bonds. The van der Waals surface area contributed by atoms with Gasteiger partial charge < -0.3 is 14.6 Å². The van der Waals surface area contributed by atoms with Crippen molar-refractivity contribution in [1.82, 2.24) is 20.2 Å². The summed E-state index contributed by atoms with van der Waals surface area (Å²) in [6, 6.07) is 5.01. The van der Waals surface area contributed by atoms with Crippen LogP contribution in [-0.2, 0) is 4.79 Å². The van der Waals surface area contributed by atoms with Gasteiger partial charge in [-0.05, 0) is 48.9 Å². The third kappa shape index (κ3) is 5.67. The molecule has 152 valence electrons. The van der Waals surface area contributed by atoms with Crippen molar-refractivity contribution in [1.29, 1.82) is 0 Å². The first-order valence-corrected chi connectivity index (χ1v) is 10.0. The van der Waals surface area contributed by atoms with Crippen LogP contribution in [0.1, 0.15) is 36.0 Å². The maximum atomic E-state index is 12.4. The number of anilines is 1. The molecular weight excluding hydrogens is 394 g/mol. The first kappa shape index (κ1) is 20.6. The average molecular weight is 415 g/mol. The van der Waals surface area contributed by atoms with Gasteiger partial charge in [0.25, 0.3) is 17.1 Å². The van der Waals surface area contributed by atoms with Crippen molar-refractivity contribution in [3.63, 3.8) is 0 Å². The number of nitrogens with zero attached hydrogens (tertiary/aromatic N) is 3. The van der Waals surface area contributed by atoms with E-state index in [0.29, 0.717) is 48.4 Å². The molecule has 9 nitrogen and oxygen atoms in total. The van der Waals surface area contributed by atoms with E-state index in [2.05, 4.69) is 20.6 Å². The standard InChI is InChI=1S/C19H21N5O4S/c1-2-9-24(17(26)14-5-3-11-28-14)10-4-7-20-18-21-8-6-13(22-18)12-15-16(25)23-19(27)29-15/h3,5-6,8,11-12H,2,4,7,9-10H2,1H3,(H,20,21,22)(H,23,25,27)/b15-12-. The predicted octanol–water partition coefficient (Wildman–Crippen LogP) is 2.75. The SMILES string of the molecule is CCCN(CCCNc1nccc(/C=C2\SC(=O)NC2=O)n1)C(=O)c1ccco1. The largest absolute Gasteiger partial charge is 0.459 e. The summed E-state index contributed by atoms with van der Waals surface area (Å²) < 4.78 is 5.20. The maximum absolute atomic E-state index is 12.4. The molecule has 0 aliphatic carbocycles. The fourth-order valence-electron chi connectivity index (χ4n) is 2.70. The van der Waals surface area contributed by atoms with E-state index in [0.717, 1.165) is 18.2 Å². The van der Waals surface area contributed by atoms with Crippen LogP contribution in [0.5, 0.6) is 0 Å². The monoisotopic (exact) mass is 415 g/mol. The van der Waals surface area contributed by atoms with Crippen molar-refractivity contribution in [2.75, 3.05) is 25.0 Å². The van der Waals surface area contributed by atoms with E-state index >= 15 is 0 Å². The minimum Gasteiger partial charge on any atom is -0.459 e. The van der Waals surface area contributed by atoms with Crippen molar-refractivity contribution < 1.29 is 18.8 Å². The summed E-state index contributed by atoms with van der Waals surface area (Å²) in [5.41, 5.74) is 0.524. The number of aromatic nitrogens is 2. The fourth-order valence-corrected chi connectivity index (χ4v) is 3.37. The van der Waals surface area contributed by atoms with Crippen LogP contribution >= 0.6 is 11.8 Å². The van der Waals surface area contributed by atoms with E-state index in [9.17, 15) is 14.4 Å². The maximum Gasteiger partial charge on any atom is 0.290 e. The van der Waals surface area contributed by atoms with Crippen LogP contribution < -0.4 is 10.6 Å². The first-order valence-electron chi connectivity index (χ1n) is 9.21. The second-order valence-corrected chi connectivity index (χ2v) is 7.22. The zero-order valence-corrected chi connectivity index (χ0v) is 16.7. The Morgan fingerprint density at radius 3 is 2.90 bits per heavy atom. The number of hydrogen-bond donors (Lipinski definition) is 2. The van der Waals surface area contributed by atoms with E-state index in [4.69, 9.17) is 4.42 Å². The van der Waals surface area contributed by atoms with Crippen molar-refractivity contribution >= 4 is 40.8 Å². The molecule has 2 N–H and O–H groups in total. The van der Waals surface area contributed by atoms with Gasteiger partial charge in [0.15, 0.2) is 5.76 Å². The number of hydrogen-bond acceptors (Lipinski definition) is 8. The molecule has 2 aromatic rings. The lowest BCUT2D eigenvalue weighted by molar-refractivity contribution is -0.115. The topological polar surface area (TPSA) is 117 Å². The molecule has 1 fully saturated rings. The van der Waals surface area contributed by atoms with Gasteiger partial charge in [0.1, 0.15) is 0 Å². The van der Waals surface area contributed by atoms with E-state index in [1.165, 1.54) is 6.26 Å². The second-order valence-electron chi connectivity index (χ2n) is 6.21. The van der Waals surface area contributed by atoms with Crippen molar-refractivity contribution in [3.8, 4) is 0 Å². The highest BCUT2D eigenvalue weighted by molar-refractivity contribution is 8.18. The molecule has 0 unspecified atom stereocenters. The summed E-state index contributed by atoms with van der Waals surface area (Å²) in [5, 5.41) is 4.92. The number of furan rings is 1. The normalized spacial score (nSPS) is 14.9. The highest BCUT2D eigenvalue weighted by Gasteiger charge is 2.25. The third-order valence-corrected chi connectivity index (χ3v) is 4.81. The Hall–Kier alpha value is -3.14. The summed E-state index contributed by atoms with van der Waals surface area (Å²) in [6.07, 6.45) is 6.16. The van der Waals surface area contributed by atoms with Crippen molar-refractivity contribution in [3.05, 3.63) is 47.0 Å². The molecule has 10 heteroatoms. The Morgan fingerprint density at radius 2 is 2.21 bits per heavy atom. The lowest BCUT2D eigenvalue weighted by atomic mass is 10.3. The van der Waals surface area contributed by atoms with Gasteiger partial charge >= 0.3 is 0 Å². The minimum atomic E-state index is -0.426. The quantitative estimate of drug-likeness (QED) is 0.474. The fraction of sp³-hybridized carbons (Fsp3) is 0.316. The van der Waals surface area contributed by atoms with Gasteiger partial charge in [0, 0.05) is 25.8 Å². The van der Waals surface area contributed by atoms with Crippen LogP contribution in [-0.4, -0.2) is 51.6 Å². The van der Waals surface area contributed by atoms with Gasteiger partial charge in [-0.2, -0.15) is 0 Å². The van der Waals surface area contributed by atoms with Gasteiger partial charge in [-0.3, -0.25) is 19.7 Å². The van der Waals surface area contributed by atoms with Gasteiger partial charge in [0.05, 0.1) is 16.9 Å². The van der Waals surface area contributed by atoms with Crippen LogP contribution in [0.15, 0.2) is 40.0 Å². The molecule has 0 bridgehead atoms. The van der Waals surface area contributed by atoms with E-state index in [1.54, 1.807) is 35.4 Å². The average Bonchev–Trinajstić information content (AvgIpc) is 3.34. The lowest BCUT2D eigenvalue weighted by Gasteiger charge is -2.21. The molecular formula is C19H21N5O4S. The number of amides is 3. The van der Waals surface area contributed by atoms with Gasteiger partial charge in [-0.25, -0.2) is 9.97 Å². The number of carbonyl (C=O) groups is 3. The zero-order chi connectivity index (χ0) is 20.6. The molecule has 3 rings (SSSR count). The van der Waals surface area contributed by atoms with Crippen LogP contribution in [0.25, 0.3) is 6.08 Å². The molecule has 3 heterocycles. The first-order chi connectivity index (χ1) is 14.1. The highest BCUT2D eigenvalue weighted by atomic mass is 32.2. The lowest BCUT2D eigenvalue weighted by Crippen LogP contribution is -2.33. The van der Waals surface area contributed by atoms with E-state index in [1.807, 2.05) is 6.92 Å². The van der Waals surface area contributed by atoms with Crippen LogP contribution in [0.2, 0.25) is 0 Å². The highest BCUT2D eigenvalue weighted by Crippen LogP contribution is 2.25.